The molecule has 0 saturated carbocycles. The van der Waals surface area contributed by atoms with E-state index in [9.17, 15) is 4.79 Å². The number of rotatable bonds is 5. The first-order valence-electron chi connectivity index (χ1n) is 7.72. The lowest BCUT2D eigenvalue weighted by molar-refractivity contribution is -0.130. The van der Waals surface area contributed by atoms with E-state index in [4.69, 9.17) is 10.5 Å². The summed E-state index contributed by atoms with van der Waals surface area (Å²) in [5.41, 5.74) is 7.11. The third-order valence-corrected chi connectivity index (χ3v) is 4.31. The zero-order valence-corrected chi connectivity index (χ0v) is 15.4. The highest BCUT2D eigenvalue weighted by molar-refractivity contribution is 5.95. The Labute approximate surface area is 159 Å². The molecule has 25 heavy (non-hydrogen) atoms. The van der Waals surface area contributed by atoms with Gasteiger partial charge in [-0.1, -0.05) is 0 Å². The van der Waals surface area contributed by atoms with E-state index in [-0.39, 0.29) is 30.7 Å². The van der Waals surface area contributed by atoms with Crippen molar-refractivity contribution in [2.24, 2.45) is 11.1 Å². The van der Waals surface area contributed by atoms with Gasteiger partial charge in [0, 0.05) is 38.3 Å². The van der Waals surface area contributed by atoms with Gasteiger partial charge >= 0.3 is 0 Å². The number of pyridine rings is 1. The summed E-state index contributed by atoms with van der Waals surface area (Å²) in [5.74, 6) is -0.0493. The second-order valence-corrected chi connectivity index (χ2v) is 5.83. The first-order valence-corrected chi connectivity index (χ1v) is 7.72. The number of hydrogen-bond donors (Lipinski definition) is 2. The molecule has 0 aromatic carbocycles. The van der Waals surface area contributed by atoms with Crippen LogP contribution in [0.1, 0.15) is 18.4 Å². The average Bonchev–Trinajstić information content (AvgIpc) is 3.03. The van der Waals surface area contributed by atoms with Crippen molar-refractivity contribution in [1.82, 2.24) is 14.8 Å². The fourth-order valence-electron chi connectivity index (χ4n) is 2.74. The van der Waals surface area contributed by atoms with Crippen molar-refractivity contribution in [1.29, 1.82) is 0 Å². The Kier molecular flexibility index (Phi) is 8.31. The van der Waals surface area contributed by atoms with E-state index in [0.29, 0.717) is 44.8 Å². The molecule has 0 radical (unpaired) electrons. The topological polar surface area (TPSA) is 95.1 Å². The number of halogens is 2. The normalized spacial score (nSPS) is 15.6. The number of ether oxygens (including phenoxy) is 1. The molecular formula is C16H23Cl2N5O2. The van der Waals surface area contributed by atoms with Crippen LogP contribution in [0.3, 0.4) is 0 Å². The molecule has 1 aliphatic heterocycles. The van der Waals surface area contributed by atoms with Crippen LogP contribution < -0.4 is 11.1 Å². The summed E-state index contributed by atoms with van der Waals surface area (Å²) < 4.78 is 7.12. The Morgan fingerprint density at radius 3 is 2.60 bits per heavy atom. The fourth-order valence-corrected chi connectivity index (χ4v) is 2.74. The standard InChI is InChI=1S/C16H21N5O2.2ClH/c17-12-16(3-7-23-8-4-16)15(22)20-14-9-19-21(11-14)10-13-1-5-18-6-2-13;;/h1-2,5-6,9,11H,3-4,7-8,10,12,17H2,(H,20,22);2*1H. The molecule has 9 heteroatoms. The fraction of sp³-hybridized carbons (Fsp3) is 0.438. The van der Waals surface area contributed by atoms with Crippen molar-refractivity contribution in [3.05, 3.63) is 42.5 Å². The maximum atomic E-state index is 12.6. The Bertz CT molecular complexity index is 660. The van der Waals surface area contributed by atoms with Crippen molar-refractivity contribution in [2.75, 3.05) is 25.1 Å². The summed E-state index contributed by atoms with van der Waals surface area (Å²) >= 11 is 0. The summed E-state index contributed by atoms with van der Waals surface area (Å²) in [6, 6.07) is 3.87. The molecule has 3 N–H and O–H groups in total. The number of hydrogen-bond acceptors (Lipinski definition) is 5. The number of anilines is 1. The molecule has 2 aromatic rings. The van der Waals surface area contributed by atoms with Gasteiger partial charge in [-0.25, -0.2) is 0 Å². The van der Waals surface area contributed by atoms with E-state index in [1.165, 1.54) is 0 Å². The van der Waals surface area contributed by atoms with E-state index in [1.807, 2.05) is 18.3 Å². The van der Waals surface area contributed by atoms with Gasteiger partial charge in [-0.15, -0.1) is 24.8 Å². The highest BCUT2D eigenvalue weighted by atomic mass is 35.5. The number of nitrogens with zero attached hydrogens (tertiary/aromatic N) is 3. The molecule has 0 atom stereocenters. The van der Waals surface area contributed by atoms with E-state index in [2.05, 4.69) is 15.4 Å². The van der Waals surface area contributed by atoms with Crippen molar-refractivity contribution in [3.8, 4) is 0 Å². The summed E-state index contributed by atoms with van der Waals surface area (Å²) in [4.78, 5) is 16.6. The number of carbonyl (C=O) groups excluding carboxylic acids is 1. The lowest BCUT2D eigenvalue weighted by atomic mass is 9.79. The Hall–Kier alpha value is -1.67. The quantitative estimate of drug-likeness (QED) is 0.816. The van der Waals surface area contributed by atoms with Crippen LogP contribution in [0, 0.1) is 5.41 Å². The smallest absolute Gasteiger partial charge is 0.232 e. The molecular weight excluding hydrogens is 365 g/mol. The molecule has 1 amide bonds. The summed E-state index contributed by atoms with van der Waals surface area (Å²) in [5, 5.41) is 7.22. The molecule has 3 rings (SSSR count). The predicted molar refractivity (Wildman–Crippen MR) is 100 cm³/mol. The third kappa shape index (κ3) is 5.15. The minimum atomic E-state index is -0.536. The first kappa shape index (κ1) is 21.4. The minimum Gasteiger partial charge on any atom is -0.381 e. The van der Waals surface area contributed by atoms with Crippen molar-refractivity contribution in [3.63, 3.8) is 0 Å². The van der Waals surface area contributed by atoms with Gasteiger partial charge in [0.05, 0.1) is 23.8 Å². The van der Waals surface area contributed by atoms with E-state index in [1.54, 1.807) is 23.3 Å². The van der Waals surface area contributed by atoms with Crippen molar-refractivity contribution in [2.45, 2.75) is 19.4 Å². The molecule has 138 valence electrons. The van der Waals surface area contributed by atoms with Crippen LogP contribution >= 0.6 is 24.8 Å². The van der Waals surface area contributed by atoms with Gasteiger partial charge in [0.15, 0.2) is 0 Å². The molecule has 1 fully saturated rings. The number of nitrogens with one attached hydrogen (secondary N) is 1. The van der Waals surface area contributed by atoms with Crippen LogP contribution in [0.4, 0.5) is 5.69 Å². The van der Waals surface area contributed by atoms with Crippen LogP contribution in [0.5, 0.6) is 0 Å². The van der Waals surface area contributed by atoms with E-state index >= 15 is 0 Å². The number of carbonyl (C=O) groups is 1. The molecule has 0 spiro atoms. The molecule has 0 unspecified atom stereocenters. The van der Waals surface area contributed by atoms with Crippen LogP contribution in [0.15, 0.2) is 36.9 Å². The lowest BCUT2D eigenvalue weighted by Crippen LogP contribution is -2.46. The van der Waals surface area contributed by atoms with Crippen LogP contribution in [0.25, 0.3) is 0 Å². The molecule has 1 aliphatic rings. The van der Waals surface area contributed by atoms with Gasteiger partial charge in [0.1, 0.15) is 0 Å². The van der Waals surface area contributed by atoms with Crippen LogP contribution in [-0.2, 0) is 16.1 Å². The Balaban J connectivity index is 0.00000156. The SMILES string of the molecule is Cl.Cl.NCC1(C(=O)Nc2cnn(Cc3ccncc3)c2)CCOCC1. The Morgan fingerprint density at radius 1 is 1.28 bits per heavy atom. The molecule has 2 aromatic heterocycles. The monoisotopic (exact) mass is 387 g/mol. The minimum absolute atomic E-state index is 0. The maximum absolute atomic E-state index is 12.6. The second kappa shape index (κ2) is 9.72. The highest BCUT2D eigenvalue weighted by Gasteiger charge is 2.38. The summed E-state index contributed by atoms with van der Waals surface area (Å²) in [7, 11) is 0. The molecule has 0 bridgehead atoms. The highest BCUT2D eigenvalue weighted by Crippen LogP contribution is 2.30. The van der Waals surface area contributed by atoms with Gasteiger partial charge < -0.3 is 15.8 Å². The average molecular weight is 388 g/mol. The zero-order chi connectivity index (χ0) is 16.1. The maximum Gasteiger partial charge on any atom is 0.232 e. The number of amides is 1. The molecule has 7 nitrogen and oxygen atoms in total. The molecule has 3 heterocycles. The van der Waals surface area contributed by atoms with Gasteiger partial charge in [0.2, 0.25) is 5.91 Å². The number of aromatic nitrogens is 3. The van der Waals surface area contributed by atoms with Crippen molar-refractivity contribution < 1.29 is 9.53 Å². The summed E-state index contributed by atoms with van der Waals surface area (Å²) in [6.45, 7) is 2.11. The van der Waals surface area contributed by atoms with Gasteiger partial charge in [-0.2, -0.15) is 5.10 Å². The number of nitrogens with two attached hydrogens (primary N) is 1. The van der Waals surface area contributed by atoms with Crippen LogP contribution in [0.2, 0.25) is 0 Å². The van der Waals surface area contributed by atoms with Crippen molar-refractivity contribution >= 4 is 36.4 Å². The zero-order valence-electron chi connectivity index (χ0n) is 13.8. The first-order chi connectivity index (χ1) is 11.2. The van der Waals surface area contributed by atoms with E-state index < -0.39 is 5.41 Å². The third-order valence-electron chi connectivity index (χ3n) is 4.31. The summed E-state index contributed by atoms with van der Waals surface area (Å²) in [6.07, 6.45) is 8.28. The van der Waals surface area contributed by atoms with Crippen LogP contribution in [-0.4, -0.2) is 40.4 Å². The lowest BCUT2D eigenvalue weighted by Gasteiger charge is -2.34. The predicted octanol–water partition coefficient (Wildman–Crippen LogP) is 1.86. The Morgan fingerprint density at radius 2 is 1.96 bits per heavy atom. The second-order valence-electron chi connectivity index (χ2n) is 5.83. The molecule has 0 aliphatic carbocycles. The van der Waals surface area contributed by atoms with Gasteiger partial charge in [0.25, 0.3) is 0 Å². The van der Waals surface area contributed by atoms with Gasteiger partial charge in [-0.3, -0.25) is 14.5 Å². The molecule has 1 saturated heterocycles. The van der Waals surface area contributed by atoms with E-state index in [0.717, 1.165) is 5.56 Å². The van der Waals surface area contributed by atoms with Gasteiger partial charge in [-0.05, 0) is 30.5 Å². The largest absolute Gasteiger partial charge is 0.381 e.